The molecule has 0 saturated carbocycles. The molecule has 33 heavy (non-hydrogen) atoms. The van der Waals surface area contributed by atoms with Gasteiger partial charge in [0.15, 0.2) is 5.96 Å². The quantitative estimate of drug-likeness (QED) is 0.282. The lowest BCUT2D eigenvalue weighted by atomic mass is 10.1. The molecule has 186 valence electrons. The average Bonchev–Trinajstić information content (AvgIpc) is 2.80. The summed E-state index contributed by atoms with van der Waals surface area (Å²) in [6.07, 6.45) is 2.29. The number of hydrogen-bond acceptors (Lipinski definition) is 5. The summed E-state index contributed by atoms with van der Waals surface area (Å²) >= 11 is 0. The number of nitrogens with one attached hydrogen (secondary N) is 2. The third-order valence-electron chi connectivity index (χ3n) is 5.83. The highest BCUT2D eigenvalue weighted by Crippen LogP contribution is 2.14. The molecule has 2 saturated heterocycles. The Morgan fingerprint density at radius 2 is 1.76 bits per heavy atom. The lowest BCUT2D eigenvalue weighted by molar-refractivity contribution is -0.123. The van der Waals surface area contributed by atoms with E-state index in [4.69, 9.17) is 9.47 Å². The third-order valence-corrected chi connectivity index (χ3v) is 5.83. The Morgan fingerprint density at radius 3 is 2.36 bits per heavy atom. The van der Waals surface area contributed by atoms with Crippen molar-refractivity contribution in [2.45, 2.75) is 52.0 Å². The summed E-state index contributed by atoms with van der Waals surface area (Å²) in [6.45, 7) is 10.8. The van der Waals surface area contributed by atoms with E-state index in [1.54, 1.807) is 0 Å². The van der Waals surface area contributed by atoms with Crippen molar-refractivity contribution in [3.8, 4) is 0 Å². The number of rotatable bonds is 8. The van der Waals surface area contributed by atoms with E-state index in [2.05, 4.69) is 49.7 Å². The van der Waals surface area contributed by atoms with E-state index in [1.165, 1.54) is 11.1 Å². The minimum Gasteiger partial charge on any atom is -0.381 e. The summed E-state index contributed by atoms with van der Waals surface area (Å²) in [5, 5.41) is 6.43. The number of carbonyl (C=O) groups excluding carboxylic acids is 1. The Labute approximate surface area is 215 Å². The lowest BCUT2D eigenvalue weighted by Crippen LogP contribution is -2.54. The van der Waals surface area contributed by atoms with Gasteiger partial charge in [-0.3, -0.25) is 14.7 Å². The van der Waals surface area contributed by atoms with Crippen LogP contribution in [0.3, 0.4) is 0 Å². The zero-order chi connectivity index (χ0) is 22.8. The van der Waals surface area contributed by atoms with Crippen LogP contribution in [0.5, 0.6) is 0 Å². The molecule has 2 N–H and O–H groups in total. The minimum atomic E-state index is 0. The lowest BCUT2D eigenvalue weighted by Gasteiger charge is -2.36. The first-order chi connectivity index (χ1) is 15.5. The van der Waals surface area contributed by atoms with Crippen LogP contribution in [0.1, 0.15) is 37.8 Å². The van der Waals surface area contributed by atoms with Gasteiger partial charge in [0.2, 0.25) is 5.91 Å². The third kappa shape index (κ3) is 9.76. The molecule has 0 radical (unpaired) electrons. The van der Waals surface area contributed by atoms with Crippen LogP contribution in [0, 0.1) is 0 Å². The molecule has 9 heteroatoms. The average molecular weight is 574 g/mol. The smallest absolute Gasteiger partial charge is 0.234 e. The van der Waals surface area contributed by atoms with E-state index in [9.17, 15) is 4.79 Å². The molecular formula is C24H40IN5O3. The first kappa shape index (κ1) is 27.8. The molecule has 1 aromatic carbocycles. The predicted octanol–water partition coefficient (Wildman–Crippen LogP) is 2.22. The maximum Gasteiger partial charge on any atom is 0.234 e. The SMILES string of the molecule is CN=C(NCc1ccc(COC2CCOCC2)cc1)N1CCN(CC(=O)NC(C)C)CC1.I. The van der Waals surface area contributed by atoms with Crippen LogP contribution in [0.15, 0.2) is 29.3 Å². The minimum absolute atomic E-state index is 0. The molecule has 0 aromatic heterocycles. The molecule has 8 nitrogen and oxygen atoms in total. The summed E-state index contributed by atoms with van der Waals surface area (Å²) in [4.78, 5) is 20.9. The fourth-order valence-electron chi connectivity index (χ4n) is 4.01. The Morgan fingerprint density at radius 1 is 1.12 bits per heavy atom. The van der Waals surface area contributed by atoms with E-state index in [0.717, 1.165) is 64.7 Å². The van der Waals surface area contributed by atoms with Gasteiger partial charge in [0.25, 0.3) is 0 Å². The maximum absolute atomic E-state index is 12.0. The van der Waals surface area contributed by atoms with Crippen molar-refractivity contribution in [1.82, 2.24) is 20.4 Å². The van der Waals surface area contributed by atoms with Gasteiger partial charge in [0.1, 0.15) is 0 Å². The molecule has 3 rings (SSSR count). The monoisotopic (exact) mass is 573 g/mol. The topological polar surface area (TPSA) is 78.4 Å². The van der Waals surface area contributed by atoms with Gasteiger partial charge in [-0.2, -0.15) is 0 Å². The molecule has 1 amide bonds. The number of carbonyl (C=O) groups is 1. The Bertz CT molecular complexity index is 730. The number of hydrogen-bond donors (Lipinski definition) is 2. The van der Waals surface area contributed by atoms with Gasteiger partial charge in [-0.1, -0.05) is 24.3 Å². The maximum atomic E-state index is 12.0. The number of benzene rings is 1. The Balaban J connectivity index is 0.00000385. The van der Waals surface area contributed by atoms with Crippen molar-refractivity contribution in [3.63, 3.8) is 0 Å². The number of ether oxygens (including phenoxy) is 2. The normalized spacial score (nSPS) is 18.2. The van der Waals surface area contributed by atoms with Crippen molar-refractivity contribution in [2.24, 2.45) is 4.99 Å². The van der Waals surface area contributed by atoms with Gasteiger partial charge in [0, 0.05) is 59.0 Å². The van der Waals surface area contributed by atoms with Crippen LogP contribution in [0.2, 0.25) is 0 Å². The van der Waals surface area contributed by atoms with Gasteiger partial charge < -0.3 is 25.0 Å². The van der Waals surface area contributed by atoms with Crippen LogP contribution >= 0.6 is 24.0 Å². The highest BCUT2D eigenvalue weighted by Gasteiger charge is 2.21. The van der Waals surface area contributed by atoms with E-state index >= 15 is 0 Å². The first-order valence-corrected chi connectivity index (χ1v) is 11.8. The van der Waals surface area contributed by atoms with Gasteiger partial charge in [-0.25, -0.2) is 0 Å². The molecule has 2 heterocycles. The van der Waals surface area contributed by atoms with Crippen molar-refractivity contribution >= 4 is 35.8 Å². The van der Waals surface area contributed by atoms with Crippen molar-refractivity contribution < 1.29 is 14.3 Å². The second-order valence-corrected chi connectivity index (χ2v) is 8.83. The highest BCUT2D eigenvalue weighted by molar-refractivity contribution is 14.0. The molecule has 0 unspecified atom stereocenters. The molecule has 0 spiro atoms. The van der Waals surface area contributed by atoms with Crippen LogP contribution in [-0.2, 0) is 27.4 Å². The second-order valence-electron chi connectivity index (χ2n) is 8.83. The van der Waals surface area contributed by atoms with Crippen LogP contribution < -0.4 is 10.6 Å². The van der Waals surface area contributed by atoms with E-state index in [1.807, 2.05) is 20.9 Å². The standard InChI is InChI=1S/C24H39N5O3.HI/c1-19(2)27-23(30)17-28-10-12-29(13-11-28)24(25-3)26-16-20-4-6-21(7-5-20)18-32-22-8-14-31-15-9-22;/h4-7,19,22H,8-18H2,1-3H3,(H,25,26)(H,27,30);1H. The number of piperazine rings is 1. The number of halogens is 1. The Kier molecular flexibility index (Phi) is 12.4. The summed E-state index contributed by atoms with van der Waals surface area (Å²) in [5.41, 5.74) is 2.41. The summed E-state index contributed by atoms with van der Waals surface area (Å²) in [6, 6.07) is 8.75. The van der Waals surface area contributed by atoms with Crippen LogP contribution in [0.25, 0.3) is 0 Å². The molecule has 0 aliphatic carbocycles. The highest BCUT2D eigenvalue weighted by atomic mass is 127. The number of nitrogens with zero attached hydrogens (tertiary/aromatic N) is 3. The summed E-state index contributed by atoms with van der Waals surface area (Å²) in [7, 11) is 1.82. The van der Waals surface area contributed by atoms with Gasteiger partial charge in [-0.05, 0) is 37.8 Å². The number of amides is 1. The van der Waals surface area contributed by atoms with E-state index in [0.29, 0.717) is 19.3 Å². The fourth-order valence-corrected chi connectivity index (χ4v) is 4.01. The van der Waals surface area contributed by atoms with Gasteiger partial charge in [0.05, 0.1) is 19.3 Å². The fraction of sp³-hybridized carbons (Fsp3) is 0.667. The van der Waals surface area contributed by atoms with E-state index < -0.39 is 0 Å². The molecular weight excluding hydrogens is 533 g/mol. The zero-order valence-corrected chi connectivity index (χ0v) is 22.5. The molecule has 1 aromatic rings. The van der Waals surface area contributed by atoms with Gasteiger partial charge >= 0.3 is 0 Å². The number of aliphatic imine (C=N–C) groups is 1. The Hall–Kier alpha value is -1.43. The van der Waals surface area contributed by atoms with Crippen LogP contribution in [0.4, 0.5) is 0 Å². The van der Waals surface area contributed by atoms with Gasteiger partial charge in [-0.15, -0.1) is 24.0 Å². The molecule has 0 bridgehead atoms. The second kappa shape index (κ2) is 14.7. The number of guanidine groups is 1. The van der Waals surface area contributed by atoms with E-state index in [-0.39, 0.29) is 35.9 Å². The molecule has 2 aliphatic heterocycles. The van der Waals surface area contributed by atoms with Crippen molar-refractivity contribution in [1.29, 1.82) is 0 Å². The largest absolute Gasteiger partial charge is 0.381 e. The zero-order valence-electron chi connectivity index (χ0n) is 20.2. The van der Waals surface area contributed by atoms with Crippen molar-refractivity contribution in [3.05, 3.63) is 35.4 Å². The van der Waals surface area contributed by atoms with Crippen molar-refractivity contribution in [2.75, 3.05) is 53.0 Å². The van der Waals surface area contributed by atoms with Crippen LogP contribution in [-0.4, -0.2) is 86.8 Å². The predicted molar refractivity (Wildman–Crippen MR) is 142 cm³/mol. The molecule has 2 fully saturated rings. The molecule has 2 aliphatic rings. The first-order valence-electron chi connectivity index (χ1n) is 11.8. The summed E-state index contributed by atoms with van der Waals surface area (Å²) < 4.78 is 11.4. The molecule has 0 atom stereocenters. The summed E-state index contributed by atoms with van der Waals surface area (Å²) in [5.74, 6) is 1.00.